The number of anilines is 1. The number of methoxy groups -OCH3 is 1. The first-order valence-corrected chi connectivity index (χ1v) is 16.4. The highest BCUT2D eigenvalue weighted by Crippen LogP contribution is 2.29. The maximum absolute atomic E-state index is 14.2. The number of nitro benzene ring substituents is 1. The molecule has 2 amide bonds. The van der Waals surface area contributed by atoms with Crippen LogP contribution < -0.4 is 14.4 Å². The second kappa shape index (κ2) is 14.6. The second-order valence-corrected chi connectivity index (χ2v) is 13.3. The van der Waals surface area contributed by atoms with Crippen LogP contribution in [0.3, 0.4) is 0 Å². The zero-order valence-corrected chi connectivity index (χ0v) is 26.9. The van der Waals surface area contributed by atoms with Gasteiger partial charge in [-0.15, -0.1) is 0 Å². The Bertz CT molecular complexity index is 1620. The molecule has 0 aliphatic heterocycles. The summed E-state index contributed by atoms with van der Waals surface area (Å²) < 4.78 is 34.4. The lowest BCUT2D eigenvalue weighted by atomic mass is 9.95. The van der Waals surface area contributed by atoms with Crippen LogP contribution >= 0.6 is 0 Å². The summed E-state index contributed by atoms with van der Waals surface area (Å²) in [6, 6.07) is 16.4. The highest BCUT2D eigenvalue weighted by molar-refractivity contribution is 7.92. The highest BCUT2D eigenvalue weighted by Gasteiger charge is 2.34. The molecule has 12 heteroatoms. The normalized spacial score (nSPS) is 14.3. The van der Waals surface area contributed by atoms with E-state index in [4.69, 9.17) is 4.74 Å². The molecule has 0 saturated heterocycles. The Morgan fingerprint density at radius 2 is 1.64 bits per heavy atom. The van der Waals surface area contributed by atoms with Gasteiger partial charge in [0.25, 0.3) is 15.7 Å². The first-order chi connectivity index (χ1) is 21.4. The van der Waals surface area contributed by atoms with E-state index in [0.29, 0.717) is 11.3 Å². The maximum Gasteiger partial charge on any atom is 0.273 e. The minimum absolute atomic E-state index is 0.0264. The van der Waals surface area contributed by atoms with Crippen molar-refractivity contribution in [3.63, 3.8) is 0 Å². The van der Waals surface area contributed by atoms with Gasteiger partial charge in [-0.25, -0.2) is 8.42 Å². The number of hydrogen-bond donors (Lipinski definition) is 1. The third-order valence-corrected chi connectivity index (χ3v) is 9.97. The van der Waals surface area contributed by atoms with Crippen LogP contribution in [0.2, 0.25) is 0 Å². The molecule has 11 nitrogen and oxygen atoms in total. The van der Waals surface area contributed by atoms with Gasteiger partial charge in [0.1, 0.15) is 18.3 Å². The molecule has 240 valence electrons. The number of rotatable bonds is 12. The lowest BCUT2D eigenvalue weighted by Crippen LogP contribution is -2.53. The summed E-state index contributed by atoms with van der Waals surface area (Å²) in [6.45, 7) is 4.52. The molecule has 3 aromatic carbocycles. The van der Waals surface area contributed by atoms with E-state index in [2.05, 4.69) is 5.32 Å². The highest BCUT2D eigenvalue weighted by atomic mass is 32.2. The van der Waals surface area contributed by atoms with Gasteiger partial charge in [-0.05, 0) is 69.5 Å². The van der Waals surface area contributed by atoms with Crippen molar-refractivity contribution in [1.29, 1.82) is 0 Å². The Kier molecular flexibility index (Phi) is 10.8. The molecule has 0 aromatic heterocycles. The zero-order chi connectivity index (χ0) is 32.7. The van der Waals surface area contributed by atoms with E-state index < -0.39 is 33.4 Å². The van der Waals surface area contributed by atoms with Gasteiger partial charge in [0.2, 0.25) is 11.8 Å². The molecule has 1 aliphatic carbocycles. The molecule has 1 N–H and O–H groups in total. The number of nitrogens with zero attached hydrogens (tertiary/aromatic N) is 3. The fraction of sp³-hybridized carbons (Fsp3) is 0.394. The number of carbonyl (C=O) groups is 2. The van der Waals surface area contributed by atoms with E-state index in [1.165, 1.54) is 43.2 Å². The first-order valence-electron chi connectivity index (χ1n) is 15.0. The molecular weight excluding hydrogens is 596 g/mol. The summed E-state index contributed by atoms with van der Waals surface area (Å²) >= 11 is 0. The number of hydrogen-bond acceptors (Lipinski definition) is 7. The van der Waals surface area contributed by atoms with Crippen LogP contribution in [0, 0.1) is 24.0 Å². The number of amides is 2. The lowest BCUT2D eigenvalue weighted by molar-refractivity contribution is -0.385. The van der Waals surface area contributed by atoms with E-state index in [-0.39, 0.29) is 34.8 Å². The third kappa shape index (κ3) is 8.18. The van der Waals surface area contributed by atoms with Gasteiger partial charge in [-0.1, -0.05) is 55.2 Å². The predicted molar refractivity (Wildman–Crippen MR) is 172 cm³/mol. The van der Waals surface area contributed by atoms with E-state index in [1.807, 2.05) is 31.2 Å². The van der Waals surface area contributed by atoms with E-state index in [0.717, 1.165) is 53.6 Å². The fourth-order valence-corrected chi connectivity index (χ4v) is 6.83. The van der Waals surface area contributed by atoms with Crippen LogP contribution in [-0.4, -0.2) is 55.8 Å². The average Bonchev–Trinajstić information content (AvgIpc) is 3.03. The molecule has 0 heterocycles. The molecule has 1 fully saturated rings. The molecule has 0 bridgehead atoms. The number of nitro groups is 1. The van der Waals surface area contributed by atoms with E-state index in [1.54, 1.807) is 19.1 Å². The molecule has 1 aliphatic rings. The first kappa shape index (κ1) is 33.4. The van der Waals surface area contributed by atoms with Crippen molar-refractivity contribution >= 4 is 33.2 Å². The third-order valence-electron chi connectivity index (χ3n) is 8.20. The van der Waals surface area contributed by atoms with Gasteiger partial charge in [-0.3, -0.25) is 24.0 Å². The smallest absolute Gasteiger partial charge is 0.273 e. The van der Waals surface area contributed by atoms with E-state index in [9.17, 15) is 28.1 Å². The topological polar surface area (TPSA) is 139 Å². The molecule has 1 unspecified atom stereocenters. The molecular formula is C33H40N4O7S. The van der Waals surface area contributed by atoms with Crippen molar-refractivity contribution in [3.05, 3.63) is 93.5 Å². The summed E-state index contributed by atoms with van der Waals surface area (Å²) in [5, 5.41) is 14.7. The Balaban J connectivity index is 1.72. The Morgan fingerprint density at radius 3 is 2.24 bits per heavy atom. The van der Waals surface area contributed by atoms with Crippen molar-refractivity contribution in [2.45, 2.75) is 76.4 Å². The van der Waals surface area contributed by atoms with Gasteiger partial charge in [0.05, 0.1) is 22.6 Å². The minimum Gasteiger partial charge on any atom is -0.497 e. The summed E-state index contributed by atoms with van der Waals surface area (Å²) in [5.74, 6) is -0.444. The molecule has 3 aromatic rings. The monoisotopic (exact) mass is 636 g/mol. The zero-order valence-electron chi connectivity index (χ0n) is 26.1. The van der Waals surface area contributed by atoms with Gasteiger partial charge >= 0.3 is 0 Å². The molecule has 45 heavy (non-hydrogen) atoms. The largest absolute Gasteiger partial charge is 0.497 e. The van der Waals surface area contributed by atoms with E-state index >= 15 is 0 Å². The Hall–Kier alpha value is -4.45. The maximum atomic E-state index is 14.2. The van der Waals surface area contributed by atoms with Gasteiger partial charge in [0.15, 0.2) is 0 Å². The van der Waals surface area contributed by atoms with Gasteiger partial charge in [0, 0.05) is 24.2 Å². The summed E-state index contributed by atoms with van der Waals surface area (Å²) in [4.78, 5) is 39.7. The fourth-order valence-electron chi connectivity index (χ4n) is 5.39. The van der Waals surface area contributed by atoms with Crippen LogP contribution in [0.15, 0.2) is 71.6 Å². The Labute approximate surface area is 264 Å². The van der Waals surface area contributed by atoms with Crippen LogP contribution in [0.4, 0.5) is 11.4 Å². The number of nitrogens with one attached hydrogen (secondary N) is 1. The van der Waals surface area contributed by atoms with Crippen molar-refractivity contribution in [3.8, 4) is 5.75 Å². The van der Waals surface area contributed by atoms with Crippen LogP contribution in [0.25, 0.3) is 0 Å². The summed E-state index contributed by atoms with van der Waals surface area (Å²) in [6.07, 6.45) is 4.92. The molecule has 0 radical (unpaired) electrons. The standard InChI is InChI=1S/C33H40N4O7S/c1-23-10-13-26(14-11-23)21-35(25(3)33(39)34-27-8-6-5-7-9-27)32(38)22-36(28-15-17-29(44-4)18-16-28)45(42,43)30-19-12-24(2)31(20-30)37(40)41/h10-20,25,27H,5-9,21-22H2,1-4H3,(H,34,39). The van der Waals surface area contributed by atoms with Crippen LogP contribution in [-0.2, 0) is 26.2 Å². The summed E-state index contributed by atoms with van der Waals surface area (Å²) in [5.41, 5.74) is 1.91. The number of ether oxygens (including phenoxy) is 1. The average molecular weight is 637 g/mol. The van der Waals surface area contributed by atoms with Crippen LogP contribution in [0.5, 0.6) is 5.75 Å². The molecule has 4 rings (SSSR count). The molecule has 1 saturated carbocycles. The molecule has 0 spiro atoms. The minimum atomic E-state index is -4.48. The lowest BCUT2D eigenvalue weighted by Gasteiger charge is -2.33. The quantitative estimate of drug-likeness (QED) is 0.211. The Morgan fingerprint density at radius 1 is 1.00 bits per heavy atom. The number of sulfonamides is 1. The number of carbonyl (C=O) groups excluding carboxylic acids is 2. The van der Waals surface area contributed by atoms with Crippen molar-refractivity contribution < 1.29 is 27.7 Å². The van der Waals surface area contributed by atoms with Crippen molar-refractivity contribution in [1.82, 2.24) is 10.2 Å². The van der Waals surface area contributed by atoms with Crippen molar-refractivity contribution in [2.24, 2.45) is 0 Å². The van der Waals surface area contributed by atoms with Crippen molar-refractivity contribution in [2.75, 3.05) is 18.0 Å². The predicted octanol–water partition coefficient (Wildman–Crippen LogP) is 5.28. The van der Waals surface area contributed by atoms with Crippen LogP contribution in [0.1, 0.15) is 55.7 Å². The molecule has 1 atom stereocenters. The number of benzene rings is 3. The van der Waals surface area contributed by atoms with Gasteiger partial charge < -0.3 is 15.0 Å². The number of aryl methyl sites for hydroxylation is 2. The summed E-state index contributed by atoms with van der Waals surface area (Å²) in [7, 11) is -3.01. The van der Waals surface area contributed by atoms with Gasteiger partial charge in [-0.2, -0.15) is 0 Å². The second-order valence-electron chi connectivity index (χ2n) is 11.4. The SMILES string of the molecule is COc1ccc(N(CC(=O)N(Cc2ccc(C)cc2)C(C)C(=O)NC2CCCCC2)S(=O)(=O)c2ccc(C)c([N+](=O)[O-])c2)cc1.